The third-order valence-electron chi connectivity index (χ3n) is 3.95. The Morgan fingerprint density at radius 1 is 1.09 bits per heavy atom. The Labute approximate surface area is 136 Å². The molecule has 2 aromatic carbocycles. The van der Waals surface area contributed by atoms with Gasteiger partial charge in [-0.25, -0.2) is 4.68 Å². The van der Waals surface area contributed by atoms with E-state index in [-0.39, 0.29) is 12.6 Å². The normalized spacial score (nSPS) is 12.3. The number of aromatic nitrogens is 2. The number of hydrogen-bond donors (Lipinski definition) is 2. The van der Waals surface area contributed by atoms with Gasteiger partial charge in [0, 0.05) is 25.0 Å². The highest BCUT2D eigenvalue weighted by atomic mass is 16.3. The molecule has 4 nitrogen and oxygen atoms in total. The van der Waals surface area contributed by atoms with Gasteiger partial charge in [0.25, 0.3) is 0 Å². The first-order valence-corrected chi connectivity index (χ1v) is 7.78. The minimum absolute atomic E-state index is 0.0788. The Morgan fingerprint density at radius 3 is 2.61 bits per heavy atom. The van der Waals surface area contributed by atoms with Gasteiger partial charge in [-0.15, -0.1) is 0 Å². The molecular weight excluding hydrogens is 286 g/mol. The quantitative estimate of drug-likeness (QED) is 0.735. The molecule has 0 aliphatic rings. The van der Waals surface area contributed by atoms with Crippen LogP contribution in [0.3, 0.4) is 0 Å². The van der Waals surface area contributed by atoms with Crippen LogP contribution in [-0.2, 0) is 13.2 Å². The standard InChI is InChI=1S/C19H21N3O/c1-15(18-5-2-4-17(12-18)14-23)20-13-16-6-8-19(9-7-16)22-11-3-10-21-22/h2-12,15,20,23H,13-14H2,1H3. The predicted octanol–water partition coefficient (Wildman–Crippen LogP) is 3.22. The summed E-state index contributed by atoms with van der Waals surface area (Å²) in [7, 11) is 0. The molecule has 3 aromatic rings. The van der Waals surface area contributed by atoms with Crippen LogP contribution >= 0.6 is 0 Å². The second-order valence-electron chi connectivity index (χ2n) is 5.62. The number of rotatable bonds is 6. The zero-order chi connectivity index (χ0) is 16.1. The fourth-order valence-electron chi connectivity index (χ4n) is 2.54. The van der Waals surface area contributed by atoms with Crippen molar-refractivity contribution in [2.75, 3.05) is 0 Å². The van der Waals surface area contributed by atoms with Gasteiger partial charge in [-0.2, -0.15) is 5.10 Å². The molecule has 0 saturated carbocycles. The van der Waals surface area contributed by atoms with E-state index in [1.54, 1.807) is 6.20 Å². The molecule has 1 atom stereocenters. The number of nitrogens with one attached hydrogen (secondary N) is 1. The number of benzene rings is 2. The largest absolute Gasteiger partial charge is 0.392 e. The molecule has 0 spiro atoms. The molecule has 0 amide bonds. The third-order valence-corrected chi connectivity index (χ3v) is 3.95. The highest BCUT2D eigenvalue weighted by molar-refractivity contribution is 5.34. The molecule has 0 aliphatic heterocycles. The monoisotopic (exact) mass is 307 g/mol. The lowest BCUT2D eigenvalue weighted by Crippen LogP contribution is -2.18. The van der Waals surface area contributed by atoms with Gasteiger partial charge in [0.2, 0.25) is 0 Å². The van der Waals surface area contributed by atoms with Crippen molar-refractivity contribution in [1.29, 1.82) is 0 Å². The van der Waals surface area contributed by atoms with E-state index in [9.17, 15) is 5.11 Å². The fraction of sp³-hybridized carbons (Fsp3) is 0.211. The predicted molar refractivity (Wildman–Crippen MR) is 91.2 cm³/mol. The summed E-state index contributed by atoms with van der Waals surface area (Å²) < 4.78 is 1.85. The number of aliphatic hydroxyl groups excluding tert-OH is 1. The van der Waals surface area contributed by atoms with E-state index in [0.717, 1.165) is 17.8 Å². The van der Waals surface area contributed by atoms with Crippen molar-refractivity contribution >= 4 is 0 Å². The molecule has 2 N–H and O–H groups in total. The van der Waals surface area contributed by atoms with Gasteiger partial charge in [-0.05, 0) is 41.8 Å². The van der Waals surface area contributed by atoms with Crippen molar-refractivity contribution in [3.05, 3.63) is 83.7 Å². The van der Waals surface area contributed by atoms with Crippen LogP contribution in [-0.4, -0.2) is 14.9 Å². The Bertz CT molecular complexity index is 736. The average Bonchev–Trinajstić information content (AvgIpc) is 3.15. The van der Waals surface area contributed by atoms with Gasteiger partial charge >= 0.3 is 0 Å². The minimum atomic E-state index is 0.0788. The highest BCUT2D eigenvalue weighted by Gasteiger charge is 2.06. The van der Waals surface area contributed by atoms with Gasteiger partial charge in [-0.1, -0.05) is 36.4 Å². The lowest BCUT2D eigenvalue weighted by molar-refractivity contribution is 0.281. The zero-order valence-corrected chi connectivity index (χ0v) is 13.2. The van der Waals surface area contributed by atoms with Crippen molar-refractivity contribution in [2.45, 2.75) is 26.1 Å². The number of nitrogens with zero attached hydrogens (tertiary/aromatic N) is 2. The summed E-state index contributed by atoms with van der Waals surface area (Å²) in [5.41, 5.74) is 4.41. The highest BCUT2D eigenvalue weighted by Crippen LogP contribution is 2.15. The van der Waals surface area contributed by atoms with E-state index in [1.807, 2.05) is 35.1 Å². The second kappa shape index (κ2) is 7.22. The Balaban J connectivity index is 1.61. The van der Waals surface area contributed by atoms with E-state index < -0.39 is 0 Å². The molecule has 0 fully saturated rings. The molecule has 3 rings (SSSR count). The first-order chi connectivity index (χ1) is 11.3. The van der Waals surface area contributed by atoms with Gasteiger partial charge in [0.05, 0.1) is 12.3 Å². The molecule has 23 heavy (non-hydrogen) atoms. The van der Waals surface area contributed by atoms with E-state index in [0.29, 0.717) is 0 Å². The molecule has 0 radical (unpaired) electrons. The zero-order valence-electron chi connectivity index (χ0n) is 13.2. The molecule has 4 heteroatoms. The average molecular weight is 307 g/mol. The van der Waals surface area contributed by atoms with Gasteiger partial charge < -0.3 is 10.4 Å². The molecule has 0 bridgehead atoms. The summed E-state index contributed by atoms with van der Waals surface area (Å²) in [6.45, 7) is 3.01. The summed E-state index contributed by atoms with van der Waals surface area (Å²) in [5.74, 6) is 0. The Kier molecular flexibility index (Phi) is 4.86. The molecule has 0 saturated heterocycles. The first-order valence-electron chi connectivity index (χ1n) is 7.78. The molecule has 0 aliphatic carbocycles. The Morgan fingerprint density at radius 2 is 1.91 bits per heavy atom. The van der Waals surface area contributed by atoms with Crippen LogP contribution in [0.25, 0.3) is 5.69 Å². The molecule has 1 aromatic heterocycles. The van der Waals surface area contributed by atoms with E-state index in [1.165, 1.54) is 11.1 Å². The molecular formula is C19H21N3O. The number of hydrogen-bond acceptors (Lipinski definition) is 3. The van der Waals surface area contributed by atoms with Crippen molar-refractivity contribution in [1.82, 2.24) is 15.1 Å². The van der Waals surface area contributed by atoms with Crippen LogP contribution in [0.15, 0.2) is 67.0 Å². The maximum atomic E-state index is 9.23. The maximum Gasteiger partial charge on any atom is 0.0681 e. The molecule has 1 heterocycles. The van der Waals surface area contributed by atoms with Gasteiger partial charge in [0.15, 0.2) is 0 Å². The molecule has 1 unspecified atom stereocenters. The summed E-state index contributed by atoms with van der Waals surface area (Å²) in [6.07, 6.45) is 3.71. The Hall–Kier alpha value is -2.43. The van der Waals surface area contributed by atoms with Crippen LogP contribution in [0, 0.1) is 0 Å². The van der Waals surface area contributed by atoms with Crippen LogP contribution in [0.5, 0.6) is 0 Å². The second-order valence-corrected chi connectivity index (χ2v) is 5.62. The lowest BCUT2D eigenvalue weighted by Gasteiger charge is -2.15. The van der Waals surface area contributed by atoms with E-state index in [4.69, 9.17) is 0 Å². The SMILES string of the molecule is CC(NCc1ccc(-n2cccn2)cc1)c1cccc(CO)c1. The minimum Gasteiger partial charge on any atom is -0.392 e. The topological polar surface area (TPSA) is 50.1 Å². The first kappa shape index (κ1) is 15.5. The van der Waals surface area contributed by atoms with Crippen LogP contribution < -0.4 is 5.32 Å². The van der Waals surface area contributed by atoms with Gasteiger partial charge in [-0.3, -0.25) is 0 Å². The smallest absolute Gasteiger partial charge is 0.0681 e. The van der Waals surface area contributed by atoms with Crippen molar-refractivity contribution in [3.63, 3.8) is 0 Å². The third kappa shape index (κ3) is 3.86. The van der Waals surface area contributed by atoms with Crippen molar-refractivity contribution in [3.8, 4) is 5.69 Å². The van der Waals surface area contributed by atoms with Crippen LogP contribution in [0.4, 0.5) is 0 Å². The summed E-state index contributed by atoms with van der Waals surface area (Å²) in [5, 5.41) is 17.0. The maximum absolute atomic E-state index is 9.23. The van der Waals surface area contributed by atoms with E-state index >= 15 is 0 Å². The van der Waals surface area contributed by atoms with Crippen molar-refractivity contribution in [2.24, 2.45) is 0 Å². The summed E-state index contributed by atoms with van der Waals surface area (Å²) in [6, 6.07) is 18.5. The van der Waals surface area contributed by atoms with Crippen LogP contribution in [0.1, 0.15) is 29.7 Å². The van der Waals surface area contributed by atoms with Crippen LogP contribution in [0.2, 0.25) is 0 Å². The number of aliphatic hydroxyl groups is 1. The van der Waals surface area contributed by atoms with Crippen molar-refractivity contribution < 1.29 is 5.11 Å². The van der Waals surface area contributed by atoms with E-state index in [2.05, 4.69) is 47.7 Å². The lowest BCUT2D eigenvalue weighted by atomic mass is 10.1. The summed E-state index contributed by atoms with van der Waals surface area (Å²) >= 11 is 0. The fourth-order valence-corrected chi connectivity index (χ4v) is 2.54. The molecule has 118 valence electrons. The summed E-state index contributed by atoms with van der Waals surface area (Å²) in [4.78, 5) is 0. The van der Waals surface area contributed by atoms with Gasteiger partial charge in [0.1, 0.15) is 0 Å².